The molecule has 1 heterocycles. The molecule has 0 saturated carbocycles. The summed E-state index contributed by atoms with van der Waals surface area (Å²) in [5, 5.41) is 2.73. The van der Waals surface area contributed by atoms with E-state index in [1.165, 1.54) is 7.11 Å². The van der Waals surface area contributed by atoms with Crippen LogP contribution in [0, 0.1) is 0 Å². The first kappa shape index (κ1) is 13.4. The second-order valence-electron chi connectivity index (χ2n) is 3.78. The fourth-order valence-electron chi connectivity index (χ4n) is 1.55. The van der Waals surface area contributed by atoms with Crippen molar-refractivity contribution in [3.63, 3.8) is 0 Å². The van der Waals surface area contributed by atoms with Crippen molar-refractivity contribution in [1.29, 1.82) is 0 Å². The Bertz CT molecular complexity index is 599. The predicted octanol–water partition coefficient (Wildman–Crippen LogP) is 2.69. The van der Waals surface area contributed by atoms with Gasteiger partial charge in [0.25, 0.3) is 5.91 Å². The van der Waals surface area contributed by atoms with Crippen LogP contribution in [0.4, 0.5) is 11.4 Å². The van der Waals surface area contributed by atoms with Gasteiger partial charge in [-0.1, -0.05) is 0 Å². The van der Waals surface area contributed by atoms with Crippen molar-refractivity contribution in [2.45, 2.75) is 0 Å². The maximum atomic E-state index is 12.1. The molecule has 0 saturated heterocycles. The van der Waals surface area contributed by atoms with E-state index in [1.807, 2.05) is 0 Å². The van der Waals surface area contributed by atoms with Crippen LogP contribution in [0.5, 0.6) is 5.75 Å². The molecule has 0 aliphatic rings. The largest absolute Gasteiger partial charge is 0.496 e. The maximum Gasteiger partial charge on any atom is 0.259 e. The van der Waals surface area contributed by atoms with E-state index in [4.69, 9.17) is 10.5 Å². The van der Waals surface area contributed by atoms with Crippen LogP contribution >= 0.6 is 15.9 Å². The minimum atomic E-state index is -0.298. The number of rotatable bonds is 3. The first-order valence-corrected chi connectivity index (χ1v) is 6.26. The molecule has 0 fully saturated rings. The van der Waals surface area contributed by atoms with Gasteiger partial charge in [-0.3, -0.25) is 4.79 Å². The molecule has 0 aliphatic carbocycles. The van der Waals surface area contributed by atoms with E-state index in [1.54, 1.807) is 36.5 Å². The molecule has 0 unspecified atom stereocenters. The van der Waals surface area contributed by atoms with Gasteiger partial charge in [-0.2, -0.15) is 0 Å². The number of nitrogens with two attached hydrogens (primary N) is 1. The number of hydrogen-bond donors (Lipinski definition) is 2. The number of carbonyl (C=O) groups excluding carboxylic acids is 1. The number of ether oxygens (including phenoxy) is 1. The maximum absolute atomic E-state index is 12.1. The Labute approximate surface area is 118 Å². The van der Waals surface area contributed by atoms with Crippen LogP contribution in [-0.4, -0.2) is 18.0 Å². The minimum absolute atomic E-state index is 0.298. The quantitative estimate of drug-likeness (QED) is 0.673. The van der Waals surface area contributed by atoms with Crippen molar-refractivity contribution in [2.75, 3.05) is 18.2 Å². The number of amides is 1. The molecule has 2 aromatic rings. The van der Waals surface area contributed by atoms with E-state index in [9.17, 15) is 4.79 Å². The second-order valence-corrected chi connectivity index (χ2v) is 4.60. The number of halogens is 1. The van der Waals surface area contributed by atoms with Gasteiger partial charge in [-0.05, 0) is 46.3 Å². The van der Waals surface area contributed by atoms with Gasteiger partial charge in [0, 0.05) is 5.69 Å². The summed E-state index contributed by atoms with van der Waals surface area (Å²) >= 11 is 3.23. The Balaban J connectivity index is 2.24. The number of nitrogen functional groups attached to an aromatic ring is 1. The second kappa shape index (κ2) is 5.71. The van der Waals surface area contributed by atoms with Gasteiger partial charge >= 0.3 is 0 Å². The van der Waals surface area contributed by atoms with Gasteiger partial charge in [0.1, 0.15) is 10.4 Å². The molecule has 1 aromatic heterocycles. The lowest BCUT2D eigenvalue weighted by Gasteiger charge is -2.09. The smallest absolute Gasteiger partial charge is 0.259 e. The van der Waals surface area contributed by atoms with E-state index in [-0.39, 0.29) is 5.91 Å². The number of nitrogens with one attached hydrogen (secondary N) is 1. The van der Waals surface area contributed by atoms with Crippen LogP contribution < -0.4 is 15.8 Å². The molecule has 0 spiro atoms. The molecule has 0 aliphatic heterocycles. The van der Waals surface area contributed by atoms with E-state index in [0.717, 1.165) is 0 Å². The van der Waals surface area contributed by atoms with Crippen molar-refractivity contribution < 1.29 is 9.53 Å². The number of carbonyl (C=O) groups is 1. The van der Waals surface area contributed by atoms with Crippen LogP contribution in [0.2, 0.25) is 0 Å². The van der Waals surface area contributed by atoms with Crippen molar-refractivity contribution in [2.24, 2.45) is 0 Å². The summed E-state index contributed by atoms with van der Waals surface area (Å²) in [5.74, 6) is 0.171. The molecule has 2 rings (SSSR count). The summed E-state index contributed by atoms with van der Waals surface area (Å²) in [7, 11) is 1.50. The SMILES string of the molecule is COc1ccc(N)cc1C(=O)Nc1ccc(Br)nc1. The van der Waals surface area contributed by atoms with Crippen molar-refractivity contribution in [1.82, 2.24) is 4.98 Å². The van der Waals surface area contributed by atoms with Crippen molar-refractivity contribution in [3.05, 3.63) is 46.7 Å². The molecule has 0 bridgehead atoms. The third-order valence-electron chi connectivity index (χ3n) is 2.45. The van der Waals surface area contributed by atoms with Gasteiger partial charge in [0.2, 0.25) is 0 Å². The monoisotopic (exact) mass is 321 g/mol. The number of hydrogen-bond acceptors (Lipinski definition) is 4. The summed E-state index contributed by atoms with van der Waals surface area (Å²) in [6, 6.07) is 8.39. The number of nitrogens with zero attached hydrogens (tertiary/aromatic N) is 1. The molecule has 3 N–H and O–H groups in total. The molecule has 5 nitrogen and oxygen atoms in total. The zero-order valence-corrected chi connectivity index (χ0v) is 11.8. The standard InChI is InChI=1S/C13H12BrN3O2/c1-19-11-4-2-8(15)6-10(11)13(18)17-9-3-5-12(14)16-7-9/h2-7H,15H2,1H3,(H,17,18). The van der Waals surface area contributed by atoms with Gasteiger partial charge < -0.3 is 15.8 Å². The summed E-state index contributed by atoms with van der Waals surface area (Å²) in [5.41, 5.74) is 7.15. The third kappa shape index (κ3) is 3.23. The first-order valence-electron chi connectivity index (χ1n) is 5.46. The average Bonchev–Trinajstić information content (AvgIpc) is 2.41. The zero-order valence-electron chi connectivity index (χ0n) is 10.2. The van der Waals surface area contributed by atoms with E-state index in [0.29, 0.717) is 27.3 Å². The summed E-state index contributed by atoms with van der Waals surface area (Å²) in [4.78, 5) is 16.2. The topological polar surface area (TPSA) is 77.2 Å². The summed E-state index contributed by atoms with van der Waals surface area (Å²) in [6.07, 6.45) is 1.56. The number of anilines is 2. The molecule has 6 heteroatoms. The first-order chi connectivity index (χ1) is 9.10. The Hall–Kier alpha value is -2.08. The highest BCUT2D eigenvalue weighted by molar-refractivity contribution is 9.10. The van der Waals surface area contributed by atoms with Crippen molar-refractivity contribution >= 4 is 33.2 Å². The van der Waals surface area contributed by atoms with Gasteiger partial charge in [0.15, 0.2) is 0 Å². The fourth-order valence-corrected chi connectivity index (χ4v) is 1.79. The molecular formula is C13H12BrN3O2. The molecule has 19 heavy (non-hydrogen) atoms. The Morgan fingerprint density at radius 2 is 2.16 bits per heavy atom. The van der Waals surface area contributed by atoms with E-state index < -0.39 is 0 Å². The molecule has 1 amide bonds. The van der Waals surface area contributed by atoms with Crippen LogP contribution in [-0.2, 0) is 0 Å². The fraction of sp³-hybridized carbons (Fsp3) is 0.0769. The van der Waals surface area contributed by atoms with Crippen LogP contribution in [0.3, 0.4) is 0 Å². The highest BCUT2D eigenvalue weighted by Gasteiger charge is 2.13. The highest BCUT2D eigenvalue weighted by Crippen LogP contribution is 2.22. The summed E-state index contributed by atoms with van der Waals surface area (Å²) in [6.45, 7) is 0. The minimum Gasteiger partial charge on any atom is -0.496 e. The van der Waals surface area contributed by atoms with Crippen LogP contribution in [0.25, 0.3) is 0 Å². The molecule has 0 atom stereocenters. The van der Waals surface area contributed by atoms with Crippen LogP contribution in [0.15, 0.2) is 41.1 Å². The van der Waals surface area contributed by atoms with E-state index >= 15 is 0 Å². The zero-order chi connectivity index (χ0) is 13.8. The molecule has 1 aromatic carbocycles. The molecular weight excluding hydrogens is 310 g/mol. The summed E-state index contributed by atoms with van der Waals surface area (Å²) < 4.78 is 5.84. The lowest BCUT2D eigenvalue weighted by atomic mass is 10.1. The molecule has 0 radical (unpaired) electrons. The Morgan fingerprint density at radius 3 is 2.79 bits per heavy atom. The number of benzene rings is 1. The predicted molar refractivity (Wildman–Crippen MR) is 77.3 cm³/mol. The lowest BCUT2D eigenvalue weighted by Crippen LogP contribution is -2.13. The van der Waals surface area contributed by atoms with Crippen molar-refractivity contribution in [3.8, 4) is 5.75 Å². The lowest BCUT2D eigenvalue weighted by molar-refractivity contribution is 0.102. The van der Waals surface area contributed by atoms with Crippen LogP contribution in [0.1, 0.15) is 10.4 Å². The van der Waals surface area contributed by atoms with Gasteiger partial charge in [-0.15, -0.1) is 0 Å². The number of methoxy groups -OCH3 is 1. The van der Waals surface area contributed by atoms with Gasteiger partial charge in [-0.25, -0.2) is 4.98 Å². The number of pyridine rings is 1. The Kier molecular flexibility index (Phi) is 4.01. The van der Waals surface area contributed by atoms with Gasteiger partial charge in [0.05, 0.1) is 24.6 Å². The average molecular weight is 322 g/mol. The normalized spacial score (nSPS) is 10.0. The molecule has 98 valence electrons. The van der Waals surface area contributed by atoms with E-state index in [2.05, 4.69) is 26.2 Å². The highest BCUT2D eigenvalue weighted by atomic mass is 79.9. The third-order valence-corrected chi connectivity index (χ3v) is 2.92. The number of aromatic nitrogens is 1. The Morgan fingerprint density at radius 1 is 1.37 bits per heavy atom.